The Balaban J connectivity index is 2.24. The van der Waals surface area contributed by atoms with Gasteiger partial charge < -0.3 is 11.1 Å². The van der Waals surface area contributed by atoms with E-state index in [1.54, 1.807) is 18.2 Å². The van der Waals surface area contributed by atoms with Gasteiger partial charge in [0.05, 0.1) is 4.92 Å². The molecule has 0 radical (unpaired) electrons. The van der Waals surface area contributed by atoms with Crippen molar-refractivity contribution in [3.05, 3.63) is 69.3 Å². The maximum Gasteiger partial charge on any atom is 0.275 e. The number of hydrogen-bond acceptors (Lipinski definition) is 4. The minimum Gasteiger partial charge on any atom is -0.381 e. The molecule has 0 atom stereocenters. The number of amides is 1. The summed E-state index contributed by atoms with van der Waals surface area (Å²) in [7, 11) is 0. The Morgan fingerprint density at radius 1 is 1.32 bits per heavy atom. The van der Waals surface area contributed by atoms with Gasteiger partial charge in [-0.25, -0.2) is 0 Å². The molecule has 0 saturated carbocycles. The average molecular weight is 295 g/mol. The van der Waals surface area contributed by atoms with Crippen molar-refractivity contribution in [2.45, 2.75) is 6.54 Å². The van der Waals surface area contributed by atoms with Crippen LogP contribution in [0.4, 0.5) is 11.4 Å². The summed E-state index contributed by atoms with van der Waals surface area (Å²) in [5.74, 6) is 1.81. The Morgan fingerprint density at radius 3 is 2.73 bits per heavy atom. The number of primary amides is 1. The van der Waals surface area contributed by atoms with Gasteiger partial charge >= 0.3 is 0 Å². The summed E-state index contributed by atoms with van der Waals surface area (Å²) in [5.41, 5.74) is 6.99. The molecule has 0 unspecified atom stereocenters. The molecule has 0 aliphatic carbocycles. The molecule has 2 rings (SSSR count). The number of carbonyl (C=O) groups excluding carboxylic acids is 1. The molecule has 22 heavy (non-hydrogen) atoms. The quantitative estimate of drug-likeness (QED) is 0.502. The van der Waals surface area contributed by atoms with E-state index in [9.17, 15) is 14.9 Å². The number of nitro benzene ring substituents is 1. The molecule has 0 aromatic heterocycles. The first-order valence-corrected chi connectivity index (χ1v) is 6.39. The highest BCUT2D eigenvalue weighted by Crippen LogP contribution is 2.22. The lowest BCUT2D eigenvalue weighted by atomic mass is 10.1. The Morgan fingerprint density at radius 2 is 2.09 bits per heavy atom. The molecule has 1 amide bonds. The fourth-order valence-electron chi connectivity index (χ4n) is 1.95. The first kappa shape index (κ1) is 15.1. The van der Waals surface area contributed by atoms with Crippen molar-refractivity contribution >= 4 is 17.3 Å². The number of rotatable bonds is 5. The maximum absolute atomic E-state index is 11.1. The smallest absolute Gasteiger partial charge is 0.275 e. The van der Waals surface area contributed by atoms with E-state index in [4.69, 9.17) is 12.2 Å². The fraction of sp³-hybridized carbons (Fsp3) is 0.0625. The largest absolute Gasteiger partial charge is 0.381 e. The van der Waals surface area contributed by atoms with Gasteiger partial charge in [-0.15, -0.1) is 6.42 Å². The Hall–Kier alpha value is -3.33. The van der Waals surface area contributed by atoms with Gasteiger partial charge in [-0.1, -0.05) is 12.0 Å². The number of hydrogen-bond donors (Lipinski definition) is 2. The molecule has 6 heteroatoms. The second-order valence-corrected chi connectivity index (χ2v) is 4.54. The zero-order valence-corrected chi connectivity index (χ0v) is 11.6. The summed E-state index contributed by atoms with van der Waals surface area (Å²) in [4.78, 5) is 21.7. The second-order valence-electron chi connectivity index (χ2n) is 4.54. The van der Waals surface area contributed by atoms with Crippen LogP contribution in [0, 0.1) is 22.5 Å². The Kier molecular flexibility index (Phi) is 4.39. The number of nitro groups is 1. The van der Waals surface area contributed by atoms with Gasteiger partial charge in [0, 0.05) is 35.0 Å². The highest BCUT2D eigenvalue weighted by Gasteiger charge is 2.16. The third kappa shape index (κ3) is 3.41. The Labute approximate surface area is 127 Å². The first-order chi connectivity index (χ1) is 10.5. The molecule has 6 nitrogen and oxygen atoms in total. The monoisotopic (exact) mass is 295 g/mol. The van der Waals surface area contributed by atoms with E-state index in [1.165, 1.54) is 18.2 Å². The number of carbonyl (C=O) groups is 1. The van der Waals surface area contributed by atoms with E-state index in [0.717, 1.165) is 5.69 Å². The van der Waals surface area contributed by atoms with Gasteiger partial charge in [0.15, 0.2) is 0 Å². The molecule has 0 spiro atoms. The lowest BCUT2D eigenvalue weighted by Crippen LogP contribution is -2.12. The topological polar surface area (TPSA) is 98.3 Å². The van der Waals surface area contributed by atoms with Crippen LogP contribution in [0.1, 0.15) is 21.5 Å². The van der Waals surface area contributed by atoms with Crippen molar-refractivity contribution in [1.82, 2.24) is 0 Å². The highest BCUT2D eigenvalue weighted by atomic mass is 16.6. The maximum atomic E-state index is 11.1. The standard InChI is InChI=1S/C16H13N3O3/c1-2-11-4-3-5-14(8-11)18-10-13-7-6-12(16(17)20)9-15(13)19(21)22/h1,3-9,18H,10H2,(H2,17,20). The van der Waals surface area contributed by atoms with Crippen LogP contribution in [-0.4, -0.2) is 10.8 Å². The van der Waals surface area contributed by atoms with Gasteiger partial charge in [-0.05, 0) is 30.3 Å². The number of nitrogens with two attached hydrogens (primary N) is 1. The zero-order valence-electron chi connectivity index (χ0n) is 11.6. The molecule has 2 aromatic rings. The number of benzene rings is 2. The molecule has 3 N–H and O–H groups in total. The van der Waals surface area contributed by atoms with Crippen LogP contribution in [0.15, 0.2) is 42.5 Å². The van der Waals surface area contributed by atoms with Crippen LogP contribution >= 0.6 is 0 Å². The van der Waals surface area contributed by atoms with Crippen molar-refractivity contribution in [2.24, 2.45) is 5.73 Å². The van der Waals surface area contributed by atoms with E-state index in [2.05, 4.69) is 11.2 Å². The average Bonchev–Trinajstić information content (AvgIpc) is 2.52. The molecule has 0 aliphatic heterocycles. The van der Waals surface area contributed by atoms with Crippen LogP contribution in [0.2, 0.25) is 0 Å². The van der Waals surface area contributed by atoms with Crippen molar-refractivity contribution in [2.75, 3.05) is 5.32 Å². The van der Waals surface area contributed by atoms with Crippen molar-refractivity contribution in [3.63, 3.8) is 0 Å². The molecular formula is C16H13N3O3. The lowest BCUT2D eigenvalue weighted by molar-refractivity contribution is -0.385. The van der Waals surface area contributed by atoms with Gasteiger partial charge in [-0.3, -0.25) is 14.9 Å². The first-order valence-electron chi connectivity index (χ1n) is 6.39. The van der Waals surface area contributed by atoms with Crippen LogP contribution in [0.5, 0.6) is 0 Å². The van der Waals surface area contributed by atoms with Gasteiger partial charge in [0.2, 0.25) is 5.91 Å². The Bertz CT molecular complexity index is 778. The van der Waals surface area contributed by atoms with Gasteiger partial charge in [-0.2, -0.15) is 0 Å². The van der Waals surface area contributed by atoms with Crippen LogP contribution in [0.3, 0.4) is 0 Å². The molecule has 110 valence electrons. The molecule has 2 aromatic carbocycles. The van der Waals surface area contributed by atoms with E-state index in [1.807, 2.05) is 6.07 Å². The second kappa shape index (κ2) is 6.41. The summed E-state index contributed by atoms with van der Waals surface area (Å²) >= 11 is 0. The van der Waals surface area contributed by atoms with Crippen molar-refractivity contribution < 1.29 is 9.72 Å². The van der Waals surface area contributed by atoms with Crippen LogP contribution in [-0.2, 0) is 6.54 Å². The lowest BCUT2D eigenvalue weighted by Gasteiger charge is -2.08. The summed E-state index contributed by atoms with van der Waals surface area (Å²) < 4.78 is 0. The summed E-state index contributed by atoms with van der Waals surface area (Å²) in [6, 6.07) is 11.3. The van der Waals surface area contributed by atoms with Crippen molar-refractivity contribution in [3.8, 4) is 12.3 Å². The minimum absolute atomic E-state index is 0.102. The van der Waals surface area contributed by atoms with E-state index in [-0.39, 0.29) is 17.8 Å². The number of terminal acetylenes is 1. The molecule has 0 bridgehead atoms. The predicted octanol–water partition coefficient (Wildman–Crippen LogP) is 2.29. The molecular weight excluding hydrogens is 282 g/mol. The van der Waals surface area contributed by atoms with Crippen LogP contribution in [0.25, 0.3) is 0 Å². The number of nitrogens with zero attached hydrogens (tertiary/aromatic N) is 1. The normalized spacial score (nSPS) is 9.77. The summed E-state index contributed by atoms with van der Waals surface area (Å²) in [6.45, 7) is 0.226. The number of anilines is 1. The third-order valence-corrected chi connectivity index (χ3v) is 3.08. The summed E-state index contributed by atoms with van der Waals surface area (Å²) in [6.07, 6.45) is 5.32. The van der Waals surface area contributed by atoms with Crippen molar-refractivity contribution in [1.29, 1.82) is 0 Å². The summed E-state index contributed by atoms with van der Waals surface area (Å²) in [5, 5.41) is 14.2. The number of nitrogens with one attached hydrogen (secondary N) is 1. The van der Waals surface area contributed by atoms with E-state index in [0.29, 0.717) is 11.1 Å². The van der Waals surface area contributed by atoms with Crippen LogP contribution < -0.4 is 11.1 Å². The fourth-order valence-corrected chi connectivity index (χ4v) is 1.95. The SMILES string of the molecule is C#Cc1cccc(NCc2ccc(C(N)=O)cc2[N+](=O)[O-])c1. The highest BCUT2D eigenvalue weighted by molar-refractivity contribution is 5.93. The van der Waals surface area contributed by atoms with Gasteiger partial charge in [0.1, 0.15) is 0 Å². The van der Waals surface area contributed by atoms with E-state index < -0.39 is 10.8 Å². The minimum atomic E-state index is -0.704. The molecule has 0 aliphatic rings. The molecule has 0 fully saturated rings. The molecule has 0 saturated heterocycles. The third-order valence-electron chi connectivity index (χ3n) is 3.08. The molecule has 0 heterocycles. The zero-order chi connectivity index (χ0) is 16.1. The van der Waals surface area contributed by atoms with Gasteiger partial charge in [0.25, 0.3) is 5.69 Å². The predicted molar refractivity (Wildman–Crippen MR) is 83.3 cm³/mol. The van der Waals surface area contributed by atoms with E-state index >= 15 is 0 Å².